The maximum absolute atomic E-state index is 11.7. The third kappa shape index (κ3) is 3.36. The molecule has 0 fully saturated rings. The smallest absolute Gasteiger partial charge is 0.239 e. The maximum atomic E-state index is 11.7. The lowest BCUT2D eigenvalue weighted by atomic mass is 10.2. The summed E-state index contributed by atoms with van der Waals surface area (Å²) in [4.78, 5) is 22.6. The van der Waals surface area contributed by atoms with Crippen LogP contribution in [-0.4, -0.2) is 24.9 Å². The average molecular weight is 275 g/mol. The van der Waals surface area contributed by atoms with Crippen LogP contribution >= 0.6 is 0 Å². The number of carbonyl (C=O) groups excluding carboxylic acids is 2. The van der Waals surface area contributed by atoms with Gasteiger partial charge < -0.3 is 20.8 Å². The van der Waals surface area contributed by atoms with Crippen LogP contribution in [0.2, 0.25) is 0 Å². The van der Waals surface area contributed by atoms with Crippen molar-refractivity contribution in [1.82, 2.24) is 10.6 Å². The molecule has 2 aromatic rings. The first-order chi connectivity index (χ1) is 9.60. The van der Waals surface area contributed by atoms with E-state index in [4.69, 9.17) is 10.2 Å². The Hall–Kier alpha value is -2.34. The highest BCUT2D eigenvalue weighted by atomic mass is 16.3. The van der Waals surface area contributed by atoms with Crippen LogP contribution < -0.4 is 16.4 Å². The lowest BCUT2D eigenvalue weighted by Gasteiger charge is -2.11. The van der Waals surface area contributed by atoms with Crippen molar-refractivity contribution in [2.45, 2.75) is 13.0 Å². The zero-order valence-electron chi connectivity index (χ0n) is 11.2. The van der Waals surface area contributed by atoms with Crippen LogP contribution in [0.25, 0.3) is 11.0 Å². The largest absolute Gasteiger partial charge is 0.459 e. The first kappa shape index (κ1) is 14.1. The lowest BCUT2D eigenvalue weighted by Crippen LogP contribution is -2.40. The summed E-state index contributed by atoms with van der Waals surface area (Å²) in [5.74, 6) is 0.0148. The zero-order chi connectivity index (χ0) is 14.5. The molecule has 4 N–H and O–H groups in total. The molecule has 2 amide bonds. The van der Waals surface area contributed by atoms with Crippen LogP contribution in [-0.2, 0) is 9.59 Å². The van der Waals surface area contributed by atoms with Crippen molar-refractivity contribution >= 4 is 22.8 Å². The molecule has 6 nitrogen and oxygen atoms in total. The van der Waals surface area contributed by atoms with Gasteiger partial charge in [-0.3, -0.25) is 9.59 Å². The molecule has 1 atom stereocenters. The van der Waals surface area contributed by atoms with Crippen LogP contribution in [0.1, 0.15) is 18.7 Å². The highest BCUT2D eigenvalue weighted by Crippen LogP contribution is 2.23. The first-order valence-corrected chi connectivity index (χ1v) is 6.34. The molecule has 1 heterocycles. The Bertz CT molecular complexity index is 588. The van der Waals surface area contributed by atoms with Crippen molar-refractivity contribution in [1.29, 1.82) is 0 Å². The van der Waals surface area contributed by atoms with Gasteiger partial charge in [0.15, 0.2) is 0 Å². The molecule has 1 unspecified atom stereocenters. The Balaban J connectivity index is 1.95. The van der Waals surface area contributed by atoms with E-state index in [2.05, 4.69) is 10.6 Å². The standard InChI is InChI=1S/C14H17N3O3/c1-9(17-14(19)8-16-13(18)7-15)12-6-10-4-2-3-5-11(10)20-12/h2-6,9H,7-8,15H2,1H3,(H,16,18)(H,17,19). The van der Waals surface area contributed by atoms with Gasteiger partial charge in [-0.2, -0.15) is 0 Å². The van der Waals surface area contributed by atoms with E-state index in [1.807, 2.05) is 37.3 Å². The summed E-state index contributed by atoms with van der Waals surface area (Å²) in [5.41, 5.74) is 5.91. The van der Waals surface area contributed by atoms with Crippen LogP contribution in [0.4, 0.5) is 0 Å². The van der Waals surface area contributed by atoms with Gasteiger partial charge in [0.25, 0.3) is 0 Å². The van der Waals surface area contributed by atoms with Gasteiger partial charge in [0, 0.05) is 5.39 Å². The summed E-state index contributed by atoms with van der Waals surface area (Å²) in [6.45, 7) is 1.59. The number of hydrogen-bond acceptors (Lipinski definition) is 4. The van der Waals surface area contributed by atoms with E-state index in [1.54, 1.807) is 0 Å². The van der Waals surface area contributed by atoms with Crippen molar-refractivity contribution < 1.29 is 14.0 Å². The molecular formula is C14H17N3O3. The number of hydrogen-bond donors (Lipinski definition) is 3. The molecule has 1 aromatic carbocycles. The Morgan fingerprint density at radius 2 is 2.05 bits per heavy atom. The molecule has 0 aliphatic heterocycles. The molecular weight excluding hydrogens is 258 g/mol. The number of fused-ring (bicyclic) bond motifs is 1. The molecule has 1 aromatic heterocycles. The Morgan fingerprint density at radius 1 is 1.30 bits per heavy atom. The first-order valence-electron chi connectivity index (χ1n) is 6.34. The minimum absolute atomic E-state index is 0.0966. The second kappa shape index (κ2) is 6.21. The highest BCUT2D eigenvalue weighted by Gasteiger charge is 2.14. The fraction of sp³-hybridized carbons (Fsp3) is 0.286. The number of amides is 2. The summed E-state index contributed by atoms with van der Waals surface area (Å²) >= 11 is 0. The number of benzene rings is 1. The average Bonchev–Trinajstić information content (AvgIpc) is 2.88. The van der Waals surface area contributed by atoms with Gasteiger partial charge in [-0.25, -0.2) is 0 Å². The van der Waals surface area contributed by atoms with Crippen LogP contribution in [0.3, 0.4) is 0 Å². The molecule has 0 bridgehead atoms. The fourth-order valence-corrected chi connectivity index (χ4v) is 1.83. The van der Waals surface area contributed by atoms with Crippen molar-refractivity contribution in [2.75, 3.05) is 13.1 Å². The maximum Gasteiger partial charge on any atom is 0.239 e. The summed E-state index contributed by atoms with van der Waals surface area (Å²) in [5, 5.41) is 6.14. The number of nitrogens with two attached hydrogens (primary N) is 1. The number of carbonyl (C=O) groups is 2. The van der Waals surface area contributed by atoms with Crippen LogP contribution in [0.15, 0.2) is 34.7 Å². The monoisotopic (exact) mass is 275 g/mol. The lowest BCUT2D eigenvalue weighted by molar-refractivity contribution is -0.125. The summed E-state index contributed by atoms with van der Waals surface area (Å²) in [7, 11) is 0. The van der Waals surface area contributed by atoms with Crippen LogP contribution in [0, 0.1) is 0 Å². The Labute approximate surface area is 116 Å². The third-order valence-electron chi connectivity index (χ3n) is 2.88. The van der Waals surface area contributed by atoms with E-state index < -0.39 is 0 Å². The number of nitrogens with one attached hydrogen (secondary N) is 2. The Kier molecular flexibility index (Phi) is 4.37. The van der Waals surface area contributed by atoms with Crippen molar-refractivity contribution in [3.63, 3.8) is 0 Å². The third-order valence-corrected chi connectivity index (χ3v) is 2.88. The summed E-state index contributed by atoms with van der Waals surface area (Å²) in [6.07, 6.45) is 0. The normalized spacial score (nSPS) is 12.1. The molecule has 0 radical (unpaired) electrons. The molecule has 0 aliphatic rings. The molecule has 20 heavy (non-hydrogen) atoms. The van der Waals surface area contributed by atoms with E-state index in [9.17, 15) is 9.59 Å². The summed E-state index contributed by atoms with van der Waals surface area (Å²) < 4.78 is 5.66. The topological polar surface area (TPSA) is 97.4 Å². The molecule has 0 aliphatic carbocycles. The van der Waals surface area contributed by atoms with E-state index in [0.717, 1.165) is 11.0 Å². The number of rotatable bonds is 5. The minimum Gasteiger partial charge on any atom is -0.459 e. The minimum atomic E-state index is -0.364. The second-order valence-electron chi connectivity index (χ2n) is 4.46. The quantitative estimate of drug-likeness (QED) is 0.747. The molecule has 106 valence electrons. The number of para-hydroxylation sites is 1. The fourth-order valence-electron chi connectivity index (χ4n) is 1.83. The van der Waals surface area contributed by atoms with Crippen LogP contribution in [0.5, 0.6) is 0 Å². The van der Waals surface area contributed by atoms with E-state index in [1.165, 1.54) is 0 Å². The van der Waals surface area contributed by atoms with Gasteiger partial charge in [-0.05, 0) is 19.1 Å². The van der Waals surface area contributed by atoms with Gasteiger partial charge >= 0.3 is 0 Å². The van der Waals surface area contributed by atoms with Gasteiger partial charge in [0.1, 0.15) is 11.3 Å². The predicted molar refractivity (Wildman–Crippen MR) is 74.8 cm³/mol. The molecule has 6 heteroatoms. The molecule has 2 rings (SSSR count). The predicted octanol–water partition coefficient (Wildman–Crippen LogP) is 0.685. The Morgan fingerprint density at radius 3 is 2.75 bits per heavy atom. The van der Waals surface area contributed by atoms with Gasteiger partial charge in [0.05, 0.1) is 19.1 Å². The van der Waals surface area contributed by atoms with E-state index >= 15 is 0 Å². The second-order valence-corrected chi connectivity index (χ2v) is 4.46. The molecule has 0 saturated carbocycles. The van der Waals surface area contributed by atoms with Crippen molar-refractivity contribution in [2.24, 2.45) is 5.73 Å². The van der Waals surface area contributed by atoms with Gasteiger partial charge in [-0.1, -0.05) is 18.2 Å². The van der Waals surface area contributed by atoms with E-state index in [0.29, 0.717) is 5.76 Å². The van der Waals surface area contributed by atoms with Crippen molar-refractivity contribution in [3.05, 3.63) is 36.1 Å². The molecule has 0 spiro atoms. The molecule has 0 saturated heterocycles. The van der Waals surface area contributed by atoms with Gasteiger partial charge in [0.2, 0.25) is 11.8 Å². The van der Waals surface area contributed by atoms with Crippen molar-refractivity contribution in [3.8, 4) is 0 Å². The van der Waals surface area contributed by atoms with Gasteiger partial charge in [-0.15, -0.1) is 0 Å². The van der Waals surface area contributed by atoms with E-state index in [-0.39, 0.29) is 30.9 Å². The highest BCUT2D eigenvalue weighted by molar-refractivity contribution is 5.85. The zero-order valence-corrected chi connectivity index (χ0v) is 11.2. The SMILES string of the molecule is CC(NC(=O)CNC(=O)CN)c1cc2ccccc2o1. The number of furan rings is 1. The summed E-state index contributed by atoms with van der Waals surface area (Å²) in [6, 6.07) is 9.24.